The van der Waals surface area contributed by atoms with E-state index in [4.69, 9.17) is 0 Å². The van der Waals surface area contributed by atoms with Gasteiger partial charge < -0.3 is 5.32 Å². The van der Waals surface area contributed by atoms with Crippen molar-refractivity contribution in [3.63, 3.8) is 0 Å². The molecule has 3 nitrogen and oxygen atoms in total. The van der Waals surface area contributed by atoms with Gasteiger partial charge in [0, 0.05) is 5.38 Å². The summed E-state index contributed by atoms with van der Waals surface area (Å²) in [6.07, 6.45) is 0.903. The van der Waals surface area contributed by atoms with Crippen LogP contribution in [-0.2, 0) is 11.2 Å². The average molecular weight is 249 g/mol. The molecule has 1 rings (SSSR count). The molecule has 1 aromatic heterocycles. The Labute approximate surface area is 83.3 Å². The van der Waals surface area contributed by atoms with Crippen molar-refractivity contribution in [2.24, 2.45) is 0 Å². The molecule has 1 heterocycles. The summed E-state index contributed by atoms with van der Waals surface area (Å²) in [7, 11) is 0. The van der Waals surface area contributed by atoms with Crippen molar-refractivity contribution in [1.29, 1.82) is 0 Å². The molecule has 0 bridgehead atoms. The number of alkyl halides is 1. The molecular formula is C7H9BrN2OS. The summed E-state index contributed by atoms with van der Waals surface area (Å²) in [5.74, 6) is -0.0630. The smallest absolute Gasteiger partial charge is 0.236 e. The van der Waals surface area contributed by atoms with E-state index in [1.54, 1.807) is 0 Å². The Bertz CT molecular complexity index is 274. The minimum absolute atomic E-state index is 0.0630. The Morgan fingerprint density at radius 2 is 2.58 bits per heavy atom. The maximum Gasteiger partial charge on any atom is 0.236 e. The number of hydrogen-bond donors (Lipinski definition) is 1. The number of thiazole rings is 1. The molecule has 1 aromatic rings. The molecule has 1 N–H and O–H groups in total. The van der Waals surface area contributed by atoms with E-state index in [0.29, 0.717) is 10.5 Å². The number of halogens is 1. The second-order valence-corrected chi connectivity index (χ2v) is 3.60. The van der Waals surface area contributed by atoms with E-state index in [1.807, 2.05) is 12.3 Å². The third kappa shape index (κ3) is 2.57. The molecular weight excluding hydrogens is 240 g/mol. The zero-order valence-corrected chi connectivity index (χ0v) is 9.04. The molecule has 0 radical (unpaired) electrons. The SMILES string of the molecule is CCc1csc(NC(=O)CBr)n1. The molecule has 1 amide bonds. The molecule has 5 heteroatoms. The fourth-order valence-electron chi connectivity index (χ4n) is 0.679. The number of nitrogens with zero attached hydrogens (tertiary/aromatic N) is 1. The lowest BCUT2D eigenvalue weighted by atomic mass is 10.4. The summed E-state index contributed by atoms with van der Waals surface area (Å²) < 4.78 is 0. The summed E-state index contributed by atoms with van der Waals surface area (Å²) in [5, 5.41) is 5.61. The highest BCUT2D eigenvalue weighted by Crippen LogP contribution is 2.15. The van der Waals surface area contributed by atoms with E-state index in [-0.39, 0.29) is 5.91 Å². The maximum absolute atomic E-state index is 10.9. The Morgan fingerprint density at radius 1 is 1.83 bits per heavy atom. The Balaban J connectivity index is 2.58. The summed E-state index contributed by atoms with van der Waals surface area (Å²) in [5.41, 5.74) is 1.02. The lowest BCUT2D eigenvalue weighted by Crippen LogP contribution is -2.11. The van der Waals surface area contributed by atoms with Gasteiger partial charge in [-0.15, -0.1) is 11.3 Å². The van der Waals surface area contributed by atoms with Crippen LogP contribution in [0.25, 0.3) is 0 Å². The number of anilines is 1. The van der Waals surface area contributed by atoms with Crippen LogP contribution in [0, 0.1) is 0 Å². The normalized spacial score (nSPS) is 9.83. The molecule has 0 unspecified atom stereocenters. The first-order valence-electron chi connectivity index (χ1n) is 3.56. The number of hydrogen-bond acceptors (Lipinski definition) is 3. The molecule has 0 saturated heterocycles. The van der Waals surface area contributed by atoms with Gasteiger partial charge in [-0.1, -0.05) is 22.9 Å². The number of amides is 1. The first-order valence-corrected chi connectivity index (χ1v) is 5.56. The lowest BCUT2D eigenvalue weighted by Gasteiger charge is -1.94. The van der Waals surface area contributed by atoms with Crippen LogP contribution in [0.3, 0.4) is 0 Å². The van der Waals surface area contributed by atoms with E-state index < -0.39 is 0 Å². The van der Waals surface area contributed by atoms with E-state index in [1.165, 1.54) is 11.3 Å². The van der Waals surface area contributed by atoms with Crippen molar-refractivity contribution in [2.75, 3.05) is 10.6 Å². The van der Waals surface area contributed by atoms with E-state index in [2.05, 4.69) is 26.2 Å². The van der Waals surface area contributed by atoms with Crippen LogP contribution in [0.1, 0.15) is 12.6 Å². The molecule has 0 atom stereocenters. The van der Waals surface area contributed by atoms with Crippen molar-refractivity contribution < 1.29 is 4.79 Å². The van der Waals surface area contributed by atoms with Crippen LogP contribution in [0.5, 0.6) is 0 Å². The van der Waals surface area contributed by atoms with Crippen LogP contribution >= 0.6 is 27.3 Å². The molecule has 0 aromatic carbocycles. The Hall–Kier alpha value is -0.420. The first kappa shape index (κ1) is 9.67. The minimum atomic E-state index is -0.0630. The van der Waals surface area contributed by atoms with Gasteiger partial charge in [-0.25, -0.2) is 4.98 Å². The number of aryl methyl sites for hydroxylation is 1. The van der Waals surface area contributed by atoms with Gasteiger partial charge >= 0.3 is 0 Å². The number of aromatic nitrogens is 1. The van der Waals surface area contributed by atoms with Crippen molar-refractivity contribution in [3.05, 3.63) is 11.1 Å². The molecule has 0 fully saturated rings. The monoisotopic (exact) mass is 248 g/mol. The molecule has 0 aliphatic rings. The summed E-state index contributed by atoms with van der Waals surface area (Å²) in [4.78, 5) is 15.1. The van der Waals surface area contributed by atoms with E-state index in [9.17, 15) is 4.79 Å². The largest absolute Gasteiger partial charge is 0.301 e. The Kier molecular flexibility index (Phi) is 3.68. The highest BCUT2D eigenvalue weighted by molar-refractivity contribution is 9.09. The Morgan fingerprint density at radius 3 is 3.08 bits per heavy atom. The van der Waals surface area contributed by atoms with Crippen molar-refractivity contribution >= 4 is 38.3 Å². The fourth-order valence-corrected chi connectivity index (χ4v) is 1.63. The van der Waals surface area contributed by atoms with Gasteiger partial charge in [0.2, 0.25) is 5.91 Å². The van der Waals surface area contributed by atoms with Gasteiger partial charge in [0.1, 0.15) is 0 Å². The van der Waals surface area contributed by atoms with Crippen LogP contribution in [-0.4, -0.2) is 16.2 Å². The molecule has 0 aliphatic heterocycles. The summed E-state index contributed by atoms with van der Waals surface area (Å²) in [6, 6.07) is 0. The third-order valence-electron chi connectivity index (χ3n) is 1.28. The standard InChI is InChI=1S/C7H9BrN2OS/c1-2-5-4-12-7(9-5)10-6(11)3-8/h4H,2-3H2,1H3,(H,9,10,11). The second kappa shape index (κ2) is 4.57. The average Bonchev–Trinajstić information content (AvgIpc) is 2.52. The van der Waals surface area contributed by atoms with Gasteiger partial charge in [-0.2, -0.15) is 0 Å². The summed E-state index contributed by atoms with van der Waals surface area (Å²) >= 11 is 4.51. The molecule has 66 valence electrons. The quantitative estimate of drug-likeness (QED) is 0.833. The molecule has 0 saturated carbocycles. The minimum Gasteiger partial charge on any atom is -0.301 e. The van der Waals surface area contributed by atoms with E-state index in [0.717, 1.165) is 12.1 Å². The maximum atomic E-state index is 10.9. The highest BCUT2D eigenvalue weighted by Gasteiger charge is 2.03. The first-order chi connectivity index (χ1) is 5.76. The number of nitrogens with one attached hydrogen (secondary N) is 1. The van der Waals surface area contributed by atoms with Crippen LogP contribution < -0.4 is 5.32 Å². The summed E-state index contributed by atoms with van der Waals surface area (Å²) in [6.45, 7) is 2.03. The fraction of sp³-hybridized carbons (Fsp3) is 0.429. The van der Waals surface area contributed by atoms with E-state index >= 15 is 0 Å². The van der Waals surface area contributed by atoms with Gasteiger partial charge in [-0.05, 0) is 6.42 Å². The predicted octanol–water partition coefficient (Wildman–Crippen LogP) is 2.04. The predicted molar refractivity (Wildman–Crippen MR) is 53.9 cm³/mol. The number of rotatable bonds is 3. The second-order valence-electron chi connectivity index (χ2n) is 2.18. The molecule has 0 spiro atoms. The zero-order valence-electron chi connectivity index (χ0n) is 6.63. The van der Waals surface area contributed by atoms with Crippen molar-refractivity contribution in [1.82, 2.24) is 4.98 Å². The van der Waals surface area contributed by atoms with Crippen LogP contribution in [0.4, 0.5) is 5.13 Å². The van der Waals surface area contributed by atoms with Crippen molar-refractivity contribution in [3.8, 4) is 0 Å². The lowest BCUT2D eigenvalue weighted by molar-refractivity contribution is -0.113. The van der Waals surface area contributed by atoms with Crippen molar-refractivity contribution in [2.45, 2.75) is 13.3 Å². The van der Waals surface area contributed by atoms with Crippen LogP contribution in [0.2, 0.25) is 0 Å². The molecule has 0 aliphatic carbocycles. The zero-order chi connectivity index (χ0) is 8.97. The van der Waals surface area contributed by atoms with Gasteiger partial charge in [0.25, 0.3) is 0 Å². The topological polar surface area (TPSA) is 42.0 Å². The molecule has 12 heavy (non-hydrogen) atoms. The van der Waals surface area contributed by atoms with Gasteiger partial charge in [0.05, 0.1) is 11.0 Å². The number of carbonyl (C=O) groups is 1. The highest BCUT2D eigenvalue weighted by atomic mass is 79.9. The third-order valence-corrected chi connectivity index (χ3v) is 2.60. The van der Waals surface area contributed by atoms with Crippen LogP contribution in [0.15, 0.2) is 5.38 Å². The van der Waals surface area contributed by atoms with Gasteiger partial charge in [0.15, 0.2) is 5.13 Å². The number of carbonyl (C=O) groups excluding carboxylic acids is 1. The van der Waals surface area contributed by atoms with Gasteiger partial charge in [-0.3, -0.25) is 4.79 Å².